The van der Waals surface area contributed by atoms with Crippen LogP contribution in [0.4, 0.5) is 0 Å². The van der Waals surface area contributed by atoms with Crippen molar-refractivity contribution in [2.24, 2.45) is 0 Å². The van der Waals surface area contributed by atoms with E-state index in [4.69, 9.17) is 0 Å². The fourth-order valence-electron chi connectivity index (χ4n) is 2.10. The van der Waals surface area contributed by atoms with E-state index in [1.807, 2.05) is 7.05 Å². The van der Waals surface area contributed by atoms with Gasteiger partial charge in [-0.3, -0.25) is 19.3 Å². The molecule has 6 nitrogen and oxygen atoms in total. The van der Waals surface area contributed by atoms with Gasteiger partial charge in [0, 0.05) is 11.0 Å². The van der Waals surface area contributed by atoms with Gasteiger partial charge in [-0.25, -0.2) is 0 Å². The van der Waals surface area contributed by atoms with E-state index in [2.05, 4.69) is 26.6 Å². The molecular weight excluding hydrogens is 374 g/mol. The average molecular weight is 391 g/mol. The zero-order valence-corrected chi connectivity index (χ0v) is 14.4. The predicted octanol–water partition coefficient (Wildman–Crippen LogP) is 1.19. The van der Waals surface area contributed by atoms with Crippen molar-refractivity contribution in [1.29, 1.82) is 0 Å². The molecular formula is C14H17BrClN3O3. The highest BCUT2D eigenvalue weighted by molar-refractivity contribution is 9.10. The van der Waals surface area contributed by atoms with E-state index >= 15 is 0 Å². The van der Waals surface area contributed by atoms with Crippen LogP contribution in [0.2, 0.25) is 0 Å². The molecule has 0 saturated heterocycles. The molecule has 0 bridgehead atoms. The standard InChI is InChI=1S/C14H16BrN3O3.ClH/c1-16-5-2-6-17-12(19)8-18-13(20)10-4-3-9(15)7-11(10)14(18)21;/h3-4,7,16H,2,5-6,8H2,1H3,(H,17,19);1H. The number of nitrogens with zero attached hydrogens (tertiary/aromatic N) is 1. The van der Waals surface area contributed by atoms with Gasteiger partial charge in [-0.1, -0.05) is 15.9 Å². The molecule has 1 aromatic rings. The summed E-state index contributed by atoms with van der Waals surface area (Å²) in [7, 11) is 1.83. The van der Waals surface area contributed by atoms with Crippen LogP contribution in [0.5, 0.6) is 0 Å². The van der Waals surface area contributed by atoms with Crippen LogP contribution in [0.3, 0.4) is 0 Å². The molecule has 8 heteroatoms. The number of rotatable bonds is 6. The van der Waals surface area contributed by atoms with Crippen molar-refractivity contribution in [2.45, 2.75) is 6.42 Å². The van der Waals surface area contributed by atoms with Crippen molar-refractivity contribution in [3.63, 3.8) is 0 Å². The first-order valence-corrected chi connectivity index (χ1v) is 7.41. The summed E-state index contributed by atoms with van der Waals surface area (Å²) in [5.41, 5.74) is 0.670. The van der Waals surface area contributed by atoms with Crippen LogP contribution in [0.1, 0.15) is 27.1 Å². The van der Waals surface area contributed by atoms with E-state index in [-0.39, 0.29) is 24.9 Å². The Hall–Kier alpha value is -1.44. The molecule has 0 fully saturated rings. The molecule has 3 amide bonds. The van der Waals surface area contributed by atoms with Crippen molar-refractivity contribution in [3.05, 3.63) is 33.8 Å². The van der Waals surface area contributed by atoms with Crippen molar-refractivity contribution in [3.8, 4) is 0 Å². The molecule has 0 radical (unpaired) electrons. The van der Waals surface area contributed by atoms with Crippen molar-refractivity contribution in [2.75, 3.05) is 26.7 Å². The normalized spacial score (nSPS) is 12.9. The number of hydrogen-bond donors (Lipinski definition) is 2. The third kappa shape index (κ3) is 4.06. The van der Waals surface area contributed by atoms with E-state index in [9.17, 15) is 14.4 Å². The Morgan fingerprint density at radius 1 is 1.18 bits per heavy atom. The topological polar surface area (TPSA) is 78.5 Å². The molecule has 0 unspecified atom stereocenters. The van der Waals surface area contributed by atoms with E-state index in [1.165, 1.54) is 0 Å². The van der Waals surface area contributed by atoms with E-state index in [0.29, 0.717) is 17.7 Å². The molecule has 0 aromatic heterocycles. The molecule has 0 saturated carbocycles. The smallest absolute Gasteiger partial charge is 0.262 e. The van der Waals surface area contributed by atoms with Crippen LogP contribution < -0.4 is 10.6 Å². The fraction of sp³-hybridized carbons (Fsp3) is 0.357. The van der Waals surface area contributed by atoms with Gasteiger partial charge in [-0.05, 0) is 38.2 Å². The predicted molar refractivity (Wildman–Crippen MR) is 88.3 cm³/mol. The maximum atomic E-state index is 12.2. The molecule has 1 heterocycles. The SMILES string of the molecule is CNCCCNC(=O)CN1C(=O)c2ccc(Br)cc2C1=O.Cl. The number of benzene rings is 1. The second kappa shape index (κ2) is 8.26. The second-order valence-corrected chi connectivity index (χ2v) is 5.61. The summed E-state index contributed by atoms with van der Waals surface area (Å²) in [6.07, 6.45) is 0.789. The van der Waals surface area contributed by atoms with Gasteiger partial charge in [0.25, 0.3) is 11.8 Å². The van der Waals surface area contributed by atoms with Crippen LogP contribution in [-0.4, -0.2) is 49.3 Å². The molecule has 0 spiro atoms. The number of halogens is 2. The quantitative estimate of drug-likeness (QED) is 0.565. The molecule has 22 heavy (non-hydrogen) atoms. The van der Waals surface area contributed by atoms with Gasteiger partial charge < -0.3 is 10.6 Å². The number of fused-ring (bicyclic) bond motifs is 1. The lowest BCUT2D eigenvalue weighted by Gasteiger charge is -2.13. The summed E-state index contributed by atoms with van der Waals surface area (Å²) in [5, 5.41) is 5.66. The van der Waals surface area contributed by atoms with Crippen LogP contribution in [0.25, 0.3) is 0 Å². The van der Waals surface area contributed by atoms with Gasteiger partial charge in [0.15, 0.2) is 0 Å². The lowest BCUT2D eigenvalue weighted by molar-refractivity contribution is -0.121. The third-order valence-corrected chi connectivity index (χ3v) is 3.65. The largest absolute Gasteiger partial charge is 0.354 e. The van der Waals surface area contributed by atoms with Gasteiger partial charge in [0.05, 0.1) is 11.1 Å². The monoisotopic (exact) mass is 389 g/mol. The second-order valence-electron chi connectivity index (χ2n) is 4.69. The summed E-state index contributed by atoms with van der Waals surface area (Å²) < 4.78 is 0.723. The first-order valence-electron chi connectivity index (χ1n) is 6.61. The summed E-state index contributed by atoms with van der Waals surface area (Å²) in [5.74, 6) is -1.19. The number of hydrogen-bond acceptors (Lipinski definition) is 4. The minimum absolute atomic E-state index is 0. The highest BCUT2D eigenvalue weighted by Gasteiger charge is 2.36. The minimum atomic E-state index is -0.429. The Bertz CT molecular complexity index is 595. The zero-order chi connectivity index (χ0) is 15.4. The van der Waals surface area contributed by atoms with Gasteiger partial charge in [-0.15, -0.1) is 12.4 Å². The van der Waals surface area contributed by atoms with E-state index in [0.717, 1.165) is 22.3 Å². The Labute approximate surface area is 143 Å². The Balaban J connectivity index is 0.00000242. The molecule has 1 aliphatic heterocycles. The molecule has 2 rings (SSSR count). The van der Waals surface area contributed by atoms with Gasteiger partial charge in [-0.2, -0.15) is 0 Å². The molecule has 2 N–H and O–H groups in total. The third-order valence-electron chi connectivity index (χ3n) is 3.16. The lowest BCUT2D eigenvalue weighted by atomic mass is 10.1. The number of amides is 3. The Kier molecular flexibility index (Phi) is 6.99. The molecule has 0 atom stereocenters. The van der Waals surface area contributed by atoms with Crippen LogP contribution in [0, 0.1) is 0 Å². The van der Waals surface area contributed by atoms with Gasteiger partial charge in [0.1, 0.15) is 6.54 Å². The molecule has 0 aliphatic carbocycles. The van der Waals surface area contributed by atoms with Crippen molar-refractivity contribution in [1.82, 2.24) is 15.5 Å². The van der Waals surface area contributed by atoms with Crippen LogP contribution >= 0.6 is 28.3 Å². The van der Waals surface area contributed by atoms with Gasteiger partial charge >= 0.3 is 0 Å². The average Bonchev–Trinajstić information content (AvgIpc) is 2.68. The Morgan fingerprint density at radius 2 is 1.86 bits per heavy atom. The van der Waals surface area contributed by atoms with Crippen LogP contribution in [-0.2, 0) is 4.79 Å². The molecule has 1 aliphatic rings. The van der Waals surface area contributed by atoms with Crippen molar-refractivity contribution < 1.29 is 14.4 Å². The van der Waals surface area contributed by atoms with E-state index in [1.54, 1.807) is 18.2 Å². The first-order chi connectivity index (χ1) is 10.0. The Morgan fingerprint density at radius 3 is 2.55 bits per heavy atom. The highest BCUT2D eigenvalue weighted by Crippen LogP contribution is 2.25. The number of imide groups is 1. The van der Waals surface area contributed by atoms with Crippen molar-refractivity contribution >= 4 is 46.1 Å². The summed E-state index contributed by atoms with van der Waals surface area (Å²) >= 11 is 3.26. The number of carbonyl (C=O) groups is 3. The number of nitrogens with one attached hydrogen (secondary N) is 2. The maximum Gasteiger partial charge on any atom is 0.262 e. The van der Waals surface area contributed by atoms with Crippen LogP contribution in [0.15, 0.2) is 22.7 Å². The highest BCUT2D eigenvalue weighted by atomic mass is 79.9. The summed E-state index contributed by atoms with van der Waals surface area (Å²) in [4.78, 5) is 37.1. The summed E-state index contributed by atoms with van der Waals surface area (Å²) in [6, 6.07) is 4.89. The maximum absolute atomic E-state index is 12.2. The minimum Gasteiger partial charge on any atom is -0.354 e. The zero-order valence-electron chi connectivity index (χ0n) is 12.0. The summed E-state index contributed by atoms with van der Waals surface area (Å²) in [6.45, 7) is 1.05. The first kappa shape index (κ1) is 18.6. The molecule has 1 aromatic carbocycles. The number of carbonyl (C=O) groups excluding carboxylic acids is 3. The molecule has 120 valence electrons. The van der Waals surface area contributed by atoms with Gasteiger partial charge in [0.2, 0.25) is 5.91 Å². The fourth-order valence-corrected chi connectivity index (χ4v) is 2.46. The van der Waals surface area contributed by atoms with E-state index < -0.39 is 11.8 Å². The lowest BCUT2D eigenvalue weighted by Crippen LogP contribution is -2.40.